The summed E-state index contributed by atoms with van der Waals surface area (Å²) in [6, 6.07) is 1.42. The van der Waals surface area contributed by atoms with Gasteiger partial charge >= 0.3 is 0 Å². The first-order valence-corrected chi connectivity index (χ1v) is 2.28. The number of hydrogen-bond donors (Lipinski definition) is 2. The van der Waals surface area contributed by atoms with Crippen LogP contribution in [0.5, 0.6) is 0 Å². The molecule has 1 aromatic rings. The van der Waals surface area contributed by atoms with Gasteiger partial charge in [-0.3, -0.25) is 14.6 Å². The number of nitrogens with zero attached hydrogens (tertiary/aromatic N) is 1. The second-order valence-electron chi connectivity index (χ2n) is 1.44. The molecule has 0 unspecified atom stereocenters. The lowest BCUT2D eigenvalue weighted by Gasteiger charge is -1.90. The predicted octanol–water partition coefficient (Wildman–Crippen LogP) is -0.907. The normalized spacial score (nSPS) is 9.62. The highest BCUT2D eigenvalue weighted by atomic mass is 16.1. The van der Waals surface area contributed by atoms with Crippen LogP contribution in [0.4, 0.5) is 0 Å². The first-order chi connectivity index (χ1) is 3.83. The van der Waals surface area contributed by atoms with Gasteiger partial charge in [0.05, 0.1) is 6.67 Å². The molecule has 0 atom stereocenters. The Morgan fingerprint density at radius 1 is 1.88 bits per heavy atom. The summed E-state index contributed by atoms with van der Waals surface area (Å²) in [5.74, 6) is 0. The monoisotopic (exact) mass is 113 g/mol. The molecule has 0 aliphatic rings. The van der Waals surface area contributed by atoms with Crippen LogP contribution in [-0.4, -0.2) is 9.78 Å². The highest BCUT2D eigenvalue weighted by Crippen LogP contribution is 1.69. The standard InChI is InChI=1S/C4H7N3O/c5-3-7-2-1-4(8)6-7/h1-2H,3,5H2,(H,6,8). The Hall–Kier alpha value is -1.03. The minimum absolute atomic E-state index is 0.115. The molecule has 4 heteroatoms. The molecular formula is C4H7N3O. The Balaban J connectivity index is 3.01. The third kappa shape index (κ3) is 0.788. The summed E-state index contributed by atoms with van der Waals surface area (Å²) in [7, 11) is 0. The van der Waals surface area contributed by atoms with Crippen LogP contribution in [0.25, 0.3) is 0 Å². The quantitative estimate of drug-likeness (QED) is 0.495. The molecule has 0 radical (unpaired) electrons. The van der Waals surface area contributed by atoms with Crippen LogP contribution in [0.1, 0.15) is 0 Å². The van der Waals surface area contributed by atoms with Crippen molar-refractivity contribution in [3.63, 3.8) is 0 Å². The molecule has 1 rings (SSSR count). The zero-order valence-electron chi connectivity index (χ0n) is 4.29. The molecule has 0 fully saturated rings. The zero-order valence-corrected chi connectivity index (χ0v) is 4.29. The second-order valence-corrected chi connectivity index (χ2v) is 1.44. The van der Waals surface area contributed by atoms with Gasteiger partial charge in [-0.1, -0.05) is 0 Å². The second kappa shape index (κ2) is 1.83. The van der Waals surface area contributed by atoms with Crippen molar-refractivity contribution in [1.29, 1.82) is 0 Å². The van der Waals surface area contributed by atoms with Crippen molar-refractivity contribution in [2.75, 3.05) is 0 Å². The SMILES string of the molecule is NCn1ccc(=O)[nH]1. The van der Waals surface area contributed by atoms with Gasteiger partial charge in [-0.15, -0.1) is 0 Å². The highest BCUT2D eigenvalue weighted by Gasteiger charge is 1.83. The summed E-state index contributed by atoms with van der Waals surface area (Å²) in [4.78, 5) is 10.3. The average Bonchev–Trinajstić information content (AvgIpc) is 2.14. The van der Waals surface area contributed by atoms with Crippen molar-refractivity contribution in [3.05, 3.63) is 22.6 Å². The van der Waals surface area contributed by atoms with Gasteiger partial charge in [-0.05, 0) is 0 Å². The van der Waals surface area contributed by atoms with Crippen LogP contribution in [-0.2, 0) is 6.67 Å². The number of rotatable bonds is 1. The van der Waals surface area contributed by atoms with Gasteiger partial charge in [-0.2, -0.15) is 0 Å². The maximum atomic E-state index is 10.3. The molecular weight excluding hydrogens is 106 g/mol. The molecule has 0 saturated carbocycles. The number of hydrogen-bond acceptors (Lipinski definition) is 2. The summed E-state index contributed by atoms with van der Waals surface area (Å²) in [5.41, 5.74) is 5.04. The maximum Gasteiger partial charge on any atom is 0.264 e. The summed E-state index contributed by atoms with van der Waals surface area (Å²) in [5, 5.41) is 2.46. The Bertz CT molecular complexity index is 211. The van der Waals surface area contributed by atoms with Crippen molar-refractivity contribution >= 4 is 0 Å². The van der Waals surface area contributed by atoms with E-state index in [-0.39, 0.29) is 5.56 Å². The smallest absolute Gasteiger partial charge is 0.264 e. The number of H-pyrrole nitrogens is 1. The lowest BCUT2D eigenvalue weighted by atomic mass is 10.7. The molecule has 44 valence electrons. The van der Waals surface area contributed by atoms with Gasteiger partial charge < -0.3 is 5.73 Å². The van der Waals surface area contributed by atoms with E-state index in [1.165, 1.54) is 10.7 Å². The molecule has 1 aromatic heterocycles. The van der Waals surface area contributed by atoms with Crippen LogP contribution >= 0.6 is 0 Å². The first kappa shape index (κ1) is 5.11. The summed E-state index contributed by atoms with van der Waals surface area (Å²) in [6.45, 7) is 0.322. The fraction of sp³-hybridized carbons (Fsp3) is 0.250. The summed E-state index contributed by atoms with van der Waals surface area (Å²) >= 11 is 0. The Morgan fingerprint density at radius 3 is 2.88 bits per heavy atom. The molecule has 0 amide bonds. The molecule has 0 saturated heterocycles. The van der Waals surface area contributed by atoms with Crippen LogP contribution < -0.4 is 11.3 Å². The first-order valence-electron chi connectivity index (χ1n) is 2.28. The average molecular weight is 113 g/mol. The fourth-order valence-corrected chi connectivity index (χ4v) is 0.480. The van der Waals surface area contributed by atoms with E-state index in [0.717, 1.165) is 0 Å². The van der Waals surface area contributed by atoms with Gasteiger partial charge in [0, 0.05) is 12.3 Å². The third-order valence-corrected chi connectivity index (χ3v) is 0.856. The Kier molecular flexibility index (Phi) is 1.17. The van der Waals surface area contributed by atoms with E-state index in [1.54, 1.807) is 6.20 Å². The minimum atomic E-state index is -0.115. The molecule has 8 heavy (non-hydrogen) atoms. The van der Waals surface area contributed by atoms with Crippen molar-refractivity contribution in [3.8, 4) is 0 Å². The van der Waals surface area contributed by atoms with E-state index < -0.39 is 0 Å². The van der Waals surface area contributed by atoms with Gasteiger partial charge in [0.15, 0.2) is 0 Å². The van der Waals surface area contributed by atoms with E-state index in [0.29, 0.717) is 6.67 Å². The molecule has 3 N–H and O–H groups in total. The lowest BCUT2D eigenvalue weighted by Crippen LogP contribution is -2.10. The van der Waals surface area contributed by atoms with E-state index in [2.05, 4.69) is 5.10 Å². The summed E-state index contributed by atoms with van der Waals surface area (Å²) < 4.78 is 1.50. The van der Waals surface area contributed by atoms with Gasteiger partial charge in [-0.25, -0.2) is 0 Å². The lowest BCUT2D eigenvalue weighted by molar-refractivity contribution is 0.632. The van der Waals surface area contributed by atoms with Crippen molar-refractivity contribution in [1.82, 2.24) is 9.78 Å². The predicted molar refractivity (Wildman–Crippen MR) is 29.2 cm³/mol. The van der Waals surface area contributed by atoms with Gasteiger partial charge in [0.25, 0.3) is 5.56 Å². The van der Waals surface area contributed by atoms with E-state index in [4.69, 9.17) is 5.73 Å². The van der Waals surface area contributed by atoms with E-state index in [1.807, 2.05) is 0 Å². The van der Waals surface area contributed by atoms with Crippen molar-refractivity contribution in [2.45, 2.75) is 6.67 Å². The maximum absolute atomic E-state index is 10.3. The van der Waals surface area contributed by atoms with Crippen LogP contribution in [0, 0.1) is 0 Å². The number of nitrogens with two attached hydrogens (primary N) is 1. The van der Waals surface area contributed by atoms with Crippen molar-refractivity contribution < 1.29 is 0 Å². The molecule has 0 aromatic carbocycles. The van der Waals surface area contributed by atoms with Gasteiger partial charge in [0.2, 0.25) is 0 Å². The largest absolute Gasteiger partial charge is 0.312 e. The molecule has 1 heterocycles. The van der Waals surface area contributed by atoms with Crippen LogP contribution in [0.3, 0.4) is 0 Å². The van der Waals surface area contributed by atoms with Gasteiger partial charge in [0.1, 0.15) is 0 Å². The molecule has 0 bridgehead atoms. The third-order valence-electron chi connectivity index (χ3n) is 0.856. The summed E-state index contributed by atoms with van der Waals surface area (Å²) in [6.07, 6.45) is 1.60. The number of nitrogens with one attached hydrogen (secondary N) is 1. The Labute approximate surface area is 45.9 Å². The number of aromatic nitrogens is 2. The minimum Gasteiger partial charge on any atom is -0.312 e. The zero-order chi connectivity index (χ0) is 5.98. The Morgan fingerprint density at radius 2 is 2.62 bits per heavy atom. The highest BCUT2D eigenvalue weighted by molar-refractivity contribution is 4.78. The molecule has 0 spiro atoms. The van der Waals surface area contributed by atoms with E-state index in [9.17, 15) is 4.79 Å². The fourth-order valence-electron chi connectivity index (χ4n) is 0.480. The van der Waals surface area contributed by atoms with Crippen LogP contribution in [0.2, 0.25) is 0 Å². The van der Waals surface area contributed by atoms with Crippen LogP contribution in [0.15, 0.2) is 17.1 Å². The molecule has 0 aliphatic carbocycles. The topological polar surface area (TPSA) is 63.8 Å². The molecule has 4 nitrogen and oxygen atoms in total. The molecule has 0 aliphatic heterocycles. The van der Waals surface area contributed by atoms with E-state index >= 15 is 0 Å². The number of aromatic amines is 1. The van der Waals surface area contributed by atoms with Crippen molar-refractivity contribution in [2.24, 2.45) is 5.73 Å².